The van der Waals surface area contributed by atoms with Crippen LogP contribution in [0.3, 0.4) is 0 Å². The average Bonchev–Trinajstić information content (AvgIpc) is 3.20. The van der Waals surface area contributed by atoms with Crippen LogP contribution < -0.4 is 21.2 Å². The molecular formula is C47H48N2P2. The van der Waals surface area contributed by atoms with Crippen molar-refractivity contribution in [1.82, 2.24) is 0 Å². The SMILES string of the molecule is c1ccc(CN=C(CCCCCCCC(=NCc2ccccc2)P(c2ccccc2)c2ccccc2)P(c2ccccc2)c2ccccc2)cc1. The fourth-order valence-corrected chi connectivity index (χ4v) is 11.2. The molecule has 51 heavy (non-hydrogen) atoms. The first kappa shape index (κ1) is 36.3. The van der Waals surface area contributed by atoms with Gasteiger partial charge in [-0.25, -0.2) is 0 Å². The van der Waals surface area contributed by atoms with Gasteiger partial charge in [0.2, 0.25) is 0 Å². The summed E-state index contributed by atoms with van der Waals surface area (Å²) < 4.78 is 0. The van der Waals surface area contributed by atoms with E-state index in [0.717, 1.165) is 38.8 Å². The molecule has 0 amide bonds. The van der Waals surface area contributed by atoms with Crippen LogP contribution in [0.2, 0.25) is 0 Å². The Morgan fingerprint density at radius 3 is 0.863 bits per heavy atom. The van der Waals surface area contributed by atoms with E-state index in [-0.39, 0.29) is 0 Å². The first-order valence-electron chi connectivity index (χ1n) is 18.3. The van der Waals surface area contributed by atoms with E-state index in [9.17, 15) is 0 Å². The molecule has 0 spiro atoms. The van der Waals surface area contributed by atoms with Gasteiger partial charge >= 0.3 is 0 Å². The Morgan fingerprint density at radius 1 is 0.314 bits per heavy atom. The molecule has 0 aliphatic rings. The normalized spacial score (nSPS) is 12.0. The number of aliphatic imine (C=N–C) groups is 2. The van der Waals surface area contributed by atoms with Gasteiger partial charge < -0.3 is 0 Å². The Labute approximate surface area is 308 Å². The lowest BCUT2D eigenvalue weighted by atomic mass is 10.1. The van der Waals surface area contributed by atoms with Crippen molar-refractivity contribution in [3.63, 3.8) is 0 Å². The highest BCUT2D eigenvalue weighted by Gasteiger charge is 2.21. The molecule has 0 saturated heterocycles. The van der Waals surface area contributed by atoms with Crippen molar-refractivity contribution in [2.45, 2.75) is 58.0 Å². The number of nitrogens with zero attached hydrogens (tertiary/aromatic N) is 2. The minimum Gasteiger partial charge on any atom is -0.284 e. The standard InChI is InChI=1S/C47H48N2P2/c1(2-22-36-46(48-38-40-24-10-4-11-25-40)50(42-28-14-6-15-29-42)43-30-16-7-17-31-43)3-23-37-47(49-39-41-26-12-5-13-27-41)51(44-32-18-8-19-33-44)45-34-20-9-21-35-45/h4-21,24-35H,1-3,22-23,36-39H2. The van der Waals surface area contributed by atoms with Gasteiger partial charge in [0.05, 0.1) is 13.1 Å². The molecule has 0 heterocycles. The zero-order valence-electron chi connectivity index (χ0n) is 29.5. The molecule has 0 bridgehead atoms. The van der Waals surface area contributed by atoms with Gasteiger partial charge in [0.25, 0.3) is 0 Å². The van der Waals surface area contributed by atoms with Crippen LogP contribution in [0.1, 0.15) is 56.1 Å². The van der Waals surface area contributed by atoms with E-state index >= 15 is 0 Å². The Balaban J connectivity index is 1.12. The minimum atomic E-state index is -0.686. The van der Waals surface area contributed by atoms with Crippen LogP contribution in [-0.2, 0) is 13.1 Å². The van der Waals surface area contributed by atoms with E-state index in [4.69, 9.17) is 9.98 Å². The third-order valence-electron chi connectivity index (χ3n) is 8.95. The lowest BCUT2D eigenvalue weighted by molar-refractivity contribution is 0.633. The summed E-state index contributed by atoms with van der Waals surface area (Å²) in [6.45, 7) is 1.46. The van der Waals surface area contributed by atoms with E-state index in [1.807, 2.05) is 0 Å². The molecule has 0 N–H and O–H groups in total. The van der Waals surface area contributed by atoms with E-state index in [1.165, 1.54) is 62.5 Å². The molecule has 6 rings (SSSR count). The molecular weight excluding hydrogens is 654 g/mol. The van der Waals surface area contributed by atoms with Gasteiger partial charge in [-0.3, -0.25) is 9.98 Å². The summed E-state index contributed by atoms with van der Waals surface area (Å²) in [5.41, 5.74) is 5.22. The van der Waals surface area contributed by atoms with Gasteiger partial charge in [-0.15, -0.1) is 0 Å². The van der Waals surface area contributed by atoms with Gasteiger partial charge in [-0.2, -0.15) is 0 Å². The minimum absolute atomic E-state index is 0.686. The molecule has 0 aromatic heterocycles. The maximum absolute atomic E-state index is 5.36. The van der Waals surface area contributed by atoms with Crippen LogP contribution in [0, 0.1) is 0 Å². The van der Waals surface area contributed by atoms with E-state index in [0.29, 0.717) is 0 Å². The molecule has 256 valence electrons. The van der Waals surface area contributed by atoms with Crippen LogP contribution in [0.15, 0.2) is 192 Å². The predicted octanol–water partition coefficient (Wildman–Crippen LogP) is 11.2. The molecule has 0 aliphatic heterocycles. The van der Waals surface area contributed by atoms with Gasteiger partial charge in [0, 0.05) is 26.7 Å². The fourth-order valence-electron chi connectivity index (χ4n) is 6.35. The highest BCUT2D eigenvalue weighted by molar-refractivity contribution is 7.88. The predicted molar refractivity (Wildman–Crippen MR) is 226 cm³/mol. The van der Waals surface area contributed by atoms with Crippen molar-refractivity contribution < 1.29 is 0 Å². The Kier molecular flexibility index (Phi) is 14.5. The molecule has 0 unspecified atom stereocenters. The molecule has 0 saturated carbocycles. The largest absolute Gasteiger partial charge is 0.284 e. The van der Waals surface area contributed by atoms with Crippen LogP contribution in [-0.4, -0.2) is 10.9 Å². The summed E-state index contributed by atoms with van der Waals surface area (Å²) in [6.07, 6.45) is 8.00. The van der Waals surface area contributed by atoms with Crippen LogP contribution >= 0.6 is 15.8 Å². The Hall–Kier alpha value is -4.48. The number of hydrogen-bond donors (Lipinski definition) is 0. The van der Waals surface area contributed by atoms with Crippen molar-refractivity contribution in [3.8, 4) is 0 Å². The highest BCUT2D eigenvalue weighted by Crippen LogP contribution is 2.39. The summed E-state index contributed by atoms with van der Waals surface area (Å²) in [5, 5.41) is 5.50. The van der Waals surface area contributed by atoms with Crippen LogP contribution in [0.5, 0.6) is 0 Å². The number of unbranched alkanes of at least 4 members (excludes halogenated alkanes) is 4. The van der Waals surface area contributed by atoms with Gasteiger partial charge in [-0.05, 0) is 58.0 Å². The zero-order valence-corrected chi connectivity index (χ0v) is 31.3. The lowest BCUT2D eigenvalue weighted by Crippen LogP contribution is -2.18. The number of benzene rings is 6. The maximum Gasteiger partial charge on any atom is 0.0643 e. The van der Waals surface area contributed by atoms with Crippen LogP contribution in [0.25, 0.3) is 0 Å². The van der Waals surface area contributed by atoms with E-state index in [1.54, 1.807) is 0 Å². The maximum atomic E-state index is 5.36. The molecule has 0 atom stereocenters. The van der Waals surface area contributed by atoms with E-state index in [2.05, 4.69) is 182 Å². The molecule has 6 aromatic carbocycles. The monoisotopic (exact) mass is 702 g/mol. The molecule has 0 aliphatic carbocycles. The lowest BCUT2D eigenvalue weighted by Gasteiger charge is -2.22. The zero-order chi connectivity index (χ0) is 34.8. The van der Waals surface area contributed by atoms with Crippen molar-refractivity contribution in [2.24, 2.45) is 9.98 Å². The van der Waals surface area contributed by atoms with Crippen molar-refractivity contribution >= 4 is 48.0 Å². The van der Waals surface area contributed by atoms with Crippen molar-refractivity contribution in [2.75, 3.05) is 0 Å². The molecule has 0 radical (unpaired) electrons. The molecule has 2 nitrogen and oxygen atoms in total. The Morgan fingerprint density at radius 2 is 0.569 bits per heavy atom. The third kappa shape index (κ3) is 11.3. The quantitative estimate of drug-likeness (QED) is 0.0484. The van der Waals surface area contributed by atoms with Gasteiger partial charge in [-0.1, -0.05) is 201 Å². The summed E-state index contributed by atoms with van der Waals surface area (Å²) in [4.78, 5) is 10.7. The highest BCUT2D eigenvalue weighted by atomic mass is 31.1. The summed E-state index contributed by atoms with van der Waals surface area (Å²) >= 11 is 0. The average molecular weight is 703 g/mol. The van der Waals surface area contributed by atoms with Crippen molar-refractivity contribution in [3.05, 3.63) is 193 Å². The summed E-state index contributed by atoms with van der Waals surface area (Å²) in [7, 11) is -1.37. The molecule has 4 heteroatoms. The summed E-state index contributed by atoms with van der Waals surface area (Å²) in [5.74, 6) is 0. The van der Waals surface area contributed by atoms with Crippen molar-refractivity contribution in [1.29, 1.82) is 0 Å². The fraction of sp³-hybridized carbons (Fsp3) is 0.191. The summed E-state index contributed by atoms with van der Waals surface area (Å²) in [6, 6.07) is 65.5. The first-order chi connectivity index (χ1) is 25.3. The first-order valence-corrected chi connectivity index (χ1v) is 21.0. The molecule has 6 aromatic rings. The second-order valence-corrected chi connectivity index (χ2v) is 17.2. The third-order valence-corrected chi connectivity index (χ3v) is 14.0. The second kappa shape index (κ2) is 20.4. The van der Waals surface area contributed by atoms with E-state index < -0.39 is 15.8 Å². The van der Waals surface area contributed by atoms with Gasteiger partial charge in [0.1, 0.15) is 0 Å². The Bertz CT molecular complexity index is 1680. The molecule has 0 fully saturated rings. The van der Waals surface area contributed by atoms with Gasteiger partial charge in [0.15, 0.2) is 0 Å². The van der Waals surface area contributed by atoms with Crippen LogP contribution in [0.4, 0.5) is 0 Å². The second-order valence-electron chi connectivity index (χ2n) is 12.7. The number of hydrogen-bond acceptors (Lipinski definition) is 2. The topological polar surface area (TPSA) is 24.7 Å². The smallest absolute Gasteiger partial charge is 0.0643 e. The number of rotatable bonds is 18.